The molecule has 0 saturated carbocycles. The third kappa shape index (κ3) is 2.50. The third-order valence-electron chi connectivity index (χ3n) is 3.82. The number of fused-ring (bicyclic) bond motifs is 1. The number of aryl methyl sites for hydroxylation is 1. The van der Waals surface area contributed by atoms with Crippen LogP contribution in [0.15, 0.2) is 36.8 Å². The monoisotopic (exact) mass is 296 g/mol. The summed E-state index contributed by atoms with van der Waals surface area (Å²) in [5, 5.41) is 0.909. The maximum atomic E-state index is 6.11. The third-order valence-corrected chi connectivity index (χ3v) is 3.82. The van der Waals surface area contributed by atoms with Crippen molar-refractivity contribution in [1.29, 1.82) is 0 Å². The van der Waals surface area contributed by atoms with Crippen LogP contribution < -0.4 is 10.5 Å². The number of anilines is 1. The average Bonchev–Trinajstić information content (AvgIpc) is 2.93. The number of nitrogens with zero attached hydrogens (tertiary/aromatic N) is 3. The summed E-state index contributed by atoms with van der Waals surface area (Å²) in [6.07, 6.45) is 5.87. The summed E-state index contributed by atoms with van der Waals surface area (Å²) < 4.78 is 7.48. The zero-order valence-electron chi connectivity index (χ0n) is 12.9. The molecule has 0 radical (unpaired) electrons. The van der Waals surface area contributed by atoms with E-state index in [1.54, 1.807) is 7.11 Å². The summed E-state index contributed by atoms with van der Waals surface area (Å²) in [6, 6.07) is 7.96. The lowest BCUT2D eigenvalue weighted by molar-refractivity contribution is 0.415. The number of hydrogen-bond acceptors (Lipinski definition) is 4. The lowest BCUT2D eigenvalue weighted by atomic mass is 10.1. The van der Waals surface area contributed by atoms with Gasteiger partial charge in [0.1, 0.15) is 23.5 Å². The van der Waals surface area contributed by atoms with Crippen molar-refractivity contribution < 1.29 is 4.74 Å². The van der Waals surface area contributed by atoms with Crippen LogP contribution in [0, 0.1) is 0 Å². The maximum absolute atomic E-state index is 6.11. The summed E-state index contributed by atoms with van der Waals surface area (Å²) in [5.74, 6) is 1.33. The normalized spacial score (nSPS) is 11.0. The van der Waals surface area contributed by atoms with Gasteiger partial charge in [0.05, 0.1) is 12.5 Å². The maximum Gasteiger partial charge on any atom is 0.146 e. The van der Waals surface area contributed by atoms with Crippen molar-refractivity contribution in [1.82, 2.24) is 14.5 Å². The highest BCUT2D eigenvalue weighted by molar-refractivity contribution is 6.00. The van der Waals surface area contributed by atoms with E-state index < -0.39 is 0 Å². The zero-order chi connectivity index (χ0) is 15.5. The van der Waals surface area contributed by atoms with Crippen LogP contribution in [0.5, 0.6) is 5.75 Å². The molecule has 5 heteroatoms. The van der Waals surface area contributed by atoms with E-state index in [2.05, 4.69) is 27.7 Å². The molecule has 3 aromatic rings. The molecule has 0 amide bonds. The Labute approximate surface area is 129 Å². The Morgan fingerprint density at radius 2 is 2.14 bits per heavy atom. The Hall–Kier alpha value is -2.56. The molecule has 2 heterocycles. The number of ether oxygens (including phenoxy) is 1. The number of benzene rings is 1. The van der Waals surface area contributed by atoms with Crippen molar-refractivity contribution in [3.63, 3.8) is 0 Å². The molecule has 2 aromatic heterocycles. The highest BCUT2D eigenvalue weighted by atomic mass is 16.5. The molecular weight excluding hydrogens is 276 g/mol. The smallest absolute Gasteiger partial charge is 0.146 e. The molecule has 3 rings (SSSR count). The number of hydrogen-bond donors (Lipinski definition) is 1. The van der Waals surface area contributed by atoms with E-state index in [4.69, 9.17) is 10.5 Å². The van der Waals surface area contributed by atoms with Crippen LogP contribution in [-0.2, 0) is 6.54 Å². The molecule has 0 fully saturated rings. The second kappa shape index (κ2) is 6.05. The van der Waals surface area contributed by atoms with Gasteiger partial charge in [-0.25, -0.2) is 9.97 Å². The van der Waals surface area contributed by atoms with Crippen molar-refractivity contribution in [2.75, 3.05) is 12.8 Å². The fourth-order valence-corrected chi connectivity index (χ4v) is 2.66. The van der Waals surface area contributed by atoms with Crippen molar-refractivity contribution in [3.05, 3.63) is 36.8 Å². The fourth-order valence-electron chi connectivity index (χ4n) is 2.66. The van der Waals surface area contributed by atoms with Crippen LogP contribution in [0.3, 0.4) is 0 Å². The van der Waals surface area contributed by atoms with Crippen molar-refractivity contribution >= 4 is 16.9 Å². The highest BCUT2D eigenvalue weighted by Gasteiger charge is 2.15. The molecule has 1 aromatic carbocycles. The predicted molar refractivity (Wildman–Crippen MR) is 88.8 cm³/mol. The first-order chi connectivity index (χ1) is 10.7. The Balaban J connectivity index is 2.19. The molecule has 22 heavy (non-hydrogen) atoms. The lowest BCUT2D eigenvalue weighted by Crippen LogP contribution is -1.98. The van der Waals surface area contributed by atoms with Gasteiger partial charge in [-0.1, -0.05) is 25.5 Å². The van der Waals surface area contributed by atoms with Crippen LogP contribution in [0.2, 0.25) is 0 Å². The number of methoxy groups -OCH3 is 1. The molecule has 5 nitrogen and oxygen atoms in total. The second-order valence-electron chi connectivity index (χ2n) is 5.28. The Morgan fingerprint density at radius 3 is 2.91 bits per heavy atom. The summed E-state index contributed by atoms with van der Waals surface area (Å²) in [4.78, 5) is 8.58. The van der Waals surface area contributed by atoms with Gasteiger partial charge >= 0.3 is 0 Å². The Bertz CT molecular complexity index is 794. The topological polar surface area (TPSA) is 66.0 Å². The van der Waals surface area contributed by atoms with Gasteiger partial charge in [0, 0.05) is 18.3 Å². The summed E-state index contributed by atoms with van der Waals surface area (Å²) in [7, 11) is 1.67. The van der Waals surface area contributed by atoms with Crippen LogP contribution in [0.4, 0.5) is 5.82 Å². The van der Waals surface area contributed by atoms with E-state index in [9.17, 15) is 0 Å². The number of nitrogen functional groups attached to an aromatic ring is 1. The first kappa shape index (κ1) is 14.4. The molecule has 2 N–H and O–H groups in total. The molecular formula is C17H20N4O. The van der Waals surface area contributed by atoms with Gasteiger partial charge in [-0.15, -0.1) is 0 Å². The van der Waals surface area contributed by atoms with Gasteiger partial charge in [0.15, 0.2) is 0 Å². The van der Waals surface area contributed by atoms with Gasteiger partial charge < -0.3 is 15.0 Å². The molecule has 0 saturated heterocycles. The molecule has 0 unspecified atom stereocenters. The second-order valence-corrected chi connectivity index (χ2v) is 5.28. The van der Waals surface area contributed by atoms with E-state index in [0.717, 1.165) is 47.3 Å². The van der Waals surface area contributed by atoms with E-state index in [1.165, 1.54) is 6.33 Å². The molecule has 0 aliphatic heterocycles. The van der Waals surface area contributed by atoms with E-state index in [0.29, 0.717) is 5.82 Å². The first-order valence-corrected chi connectivity index (χ1v) is 7.48. The number of nitrogens with two attached hydrogens (primary N) is 1. The molecule has 0 aliphatic rings. The summed E-state index contributed by atoms with van der Waals surface area (Å²) in [6.45, 7) is 3.10. The SMILES string of the molecule is CCCCn1cc(-c2cccc(OC)c2)c2c(N)ncnc21. The lowest BCUT2D eigenvalue weighted by Gasteiger charge is -2.04. The van der Waals surface area contributed by atoms with Crippen molar-refractivity contribution in [3.8, 4) is 16.9 Å². The van der Waals surface area contributed by atoms with Crippen LogP contribution in [0.1, 0.15) is 19.8 Å². The van der Waals surface area contributed by atoms with Crippen molar-refractivity contribution in [2.24, 2.45) is 0 Å². The minimum Gasteiger partial charge on any atom is -0.497 e. The first-order valence-electron chi connectivity index (χ1n) is 7.48. The highest BCUT2D eigenvalue weighted by Crippen LogP contribution is 2.34. The van der Waals surface area contributed by atoms with Crippen LogP contribution >= 0.6 is 0 Å². The number of rotatable bonds is 5. The molecule has 0 bridgehead atoms. The van der Waals surface area contributed by atoms with E-state index in [1.807, 2.05) is 24.3 Å². The van der Waals surface area contributed by atoms with E-state index >= 15 is 0 Å². The van der Waals surface area contributed by atoms with Gasteiger partial charge in [-0.3, -0.25) is 0 Å². The minimum absolute atomic E-state index is 0.512. The fraction of sp³-hybridized carbons (Fsp3) is 0.294. The molecule has 0 atom stereocenters. The molecule has 114 valence electrons. The Kier molecular flexibility index (Phi) is 3.96. The van der Waals surface area contributed by atoms with Crippen LogP contribution in [-0.4, -0.2) is 21.6 Å². The zero-order valence-corrected chi connectivity index (χ0v) is 12.9. The largest absolute Gasteiger partial charge is 0.497 e. The van der Waals surface area contributed by atoms with Gasteiger partial charge in [-0.2, -0.15) is 0 Å². The van der Waals surface area contributed by atoms with Gasteiger partial charge in [0.25, 0.3) is 0 Å². The van der Waals surface area contributed by atoms with E-state index in [-0.39, 0.29) is 0 Å². The standard InChI is InChI=1S/C17H20N4O/c1-3-4-8-21-10-14(12-6-5-7-13(9-12)22-2)15-16(18)19-11-20-17(15)21/h5-7,9-11H,3-4,8H2,1-2H3,(H2,18,19,20). The van der Waals surface area contributed by atoms with Gasteiger partial charge in [-0.05, 0) is 24.1 Å². The minimum atomic E-state index is 0.512. The van der Waals surface area contributed by atoms with Crippen molar-refractivity contribution in [2.45, 2.75) is 26.3 Å². The summed E-state index contributed by atoms with van der Waals surface area (Å²) >= 11 is 0. The van der Waals surface area contributed by atoms with Gasteiger partial charge in [0.2, 0.25) is 0 Å². The quantitative estimate of drug-likeness (QED) is 0.782. The average molecular weight is 296 g/mol. The Morgan fingerprint density at radius 1 is 1.27 bits per heavy atom. The summed E-state index contributed by atoms with van der Waals surface area (Å²) in [5.41, 5.74) is 9.10. The molecule has 0 aliphatic carbocycles. The predicted octanol–water partition coefficient (Wildman–Crippen LogP) is 3.49. The van der Waals surface area contributed by atoms with Crippen LogP contribution in [0.25, 0.3) is 22.2 Å². The number of unbranched alkanes of at least 4 members (excludes halogenated alkanes) is 1. The molecule has 0 spiro atoms. The number of aromatic nitrogens is 3.